The van der Waals surface area contributed by atoms with Gasteiger partial charge in [-0.3, -0.25) is 9.59 Å². The van der Waals surface area contributed by atoms with Crippen LogP contribution in [0.15, 0.2) is 36.4 Å². The average molecular weight is 327 g/mol. The van der Waals surface area contributed by atoms with Crippen molar-refractivity contribution in [3.8, 4) is 0 Å². The lowest BCUT2D eigenvalue weighted by molar-refractivity contribution is -0.148. The van der Waals surface area contributed by atoms with Gasteiger partial charge in [-0.2, -0.15) is 0 Å². The number of amides is 1. The molecular formula is C20H25NO3. The lowest BCUT2D eigenvalue weighted by Crippen LogP contribution is -2.41. The topological polar surface area (TPSA) is 66.4 Å². The Bertz CT molecular complexity index is 662. The minimum absolute atomic E-state index is 0.00359. The lowest BCUT2D eigenvalue weighted by atomic mass is 9.82. The van der Waals surface area contributed by atoms with E-state index >= 15 is 0 Å². The maximum atomic E-state index is 12.7. The summed E-state index contributed by atoms with van der Waals surface area (Å²) in [4.78, 5) is 24.3. The lowest BCUT2D eigenvalue weighted by Gasteiger charge is -2.26. The van der Waals surface area contributed by atoms with Gasteiger partial charge in [0, 0.05) is 0 Å². The molecule has 5 unspecified atom stereocenters. The molecule has 1 aromatic carbocycles. The van der Waals surface area contributed by atoms with E-state index in [9.17, 15) is 14.7 Å². The normalized spacial score (nSPS) is 29.0. The van der Waals surface area contributed by atoms with Crippen molar-refractivity contribution < 1.29 is 14.7 Å². The molecule has 1 aromatic rings. The van der Waals surface area contributed by atoms with Crippen molar-refractivity contribution in [2.45, 2.75) is 39.2 Å². The largest absolute Gasteiger partial charge is 0.481 e. The molecule has 0 saturated heterocycles. The van der Waals surface area contributed by atoms with Gasteiger partial charge in [0.05, 0.1) is 17.9 Å². The van der Waals surface area contributed by atoms with Gasteiger partial charge in [-0.05, 0) is 42.2 Å². The van der Waals surface area contributed by atoms with E-state index in [4.69, 9.17) is 0 Å². The number of allylic oxidation sites excluding steroid dienone is 2. The second-order valence-electron chi connectivity index (χ2n) is 7.39. The quantitative estimate of drug-likeness (QED) is 0.813. The Morgan fingerprint density at radius 3 is 2.08 bits per heavy atom. The number of rotatable bonds is 5. The zero-order valence-electron chi connectivity index (χ0n) is 14.4. The van der Waals surface area contributed by atoms with E-state index in [2.05, 4.69) is 31.3 Å². The highest BCUT2D eigenvalue weighted by atomic mass is 16.4. The highest BCUT2D eigenvalue weighted by molar-refractivity contribution is 5.87. The summed E-state index contributed by atoms with van der Waals surface area (Å²) in [5.41, 5.74) is 2.31. The Balaban J connectivity index is 1.70. The first kappa shape index (κ1) is 16.7. The minimum Gasteiger partial charge on any atom is -0.481 e. The highest BCUT2D eigenvalue weighted by Gasteiger charge is 2.51. The van der Waals surface area contributed by atoms with Crippen molar-refractivity contribution in [2.75, 3.05) is 0 Å². The second kappa shape index (κ2) is 6.42. The van der Waals surface area contributed by atoms with E-state index in [-0.39, 0.29) is 23.8 Å². The molecule has 1 saturated carbocycles. The van der Waals surface area contributed by atoms with Gasteiger partial charge in [-0.15, -0.1) is 0 Å². The maximum Gasteiger partial charge on any atom is 0.307 e. The summed E-state index contributed by atoms with van der Waals surface area (Å²) < 4.78 is 0. The molecule has 0 aliphatic heterocycles. The fourth-order valence-corrected chi connectivity index (χ4v) is 4.08. The van der Waals surface area contributed by atoms with Crippen LogP contribution in [0.1, 0.15) is 50.3 Å². The van der Waals surface area contributed by atoms with Crippen molar-refractivity contribution in [3.63, 3.8) is 0 Å². The molecule has 128 valence electrons. The minimum atomic E-state index is -0.860. The van der Waals surface area contributed by atoms with Crippen molar-refractivity contribution in [1.29, 1.82) is 0 Å². The first-order chi connectivity index (χ1) is 11.4. The summed E-state index contributed by atoms with van der Waals surface area (Å²) in [6.45, 7) is 6.24. The SMILES string of the molecule is CC(C)c1ccc(C(C)NC(=O)C2C3C=CC(C3)C2C(=O)O)cc1. The summed E-state index contributed by atoms with van der Waals surface area (Å²) in [5, 5.41) is 12.5. The third kappa shape index (κ3) is 2.97. The van der Waals surface area contributed by atoms with Gasteiger partial charge in [0.1, 0.15) is 0 Å². The Hall–Kier alpha value is -2.10. The number of carboxylic acid groups (broad SMARTS) is 1. The van der Waals surface area contributed by atoms with E-state index in [1.807, 2.05) is 31.2 Å². The zero-order chi connectivity index (χ0) is 17.4. The highest BCUT2D eigenvalue weighted by Crippen LogP contribution is 2.48. The molecule has 0 spiro atoms. The Morgan fingerprint density at radius 1 is 1.00 bits per heavy atom. The Kier molecular flexibility index (Phi) is 4.48. The van der Waals surface area contributed by atoms with Crippen LogP contribution in [0.25, 0.3) is 0 Å². The third-order valence-corrected chi connectivity index (χ3v) is 5.51. The number of carboxylic acids is 1. The fraction of sp³-hybridized carbons (Fsp3) is 0.500. The van der Waals surface area contributed by atoms with Gasteiger partial charge in [-0.1, -0.05) is 50.3 Å². The standard InChI is InChI=1S/C20H25NO3/c1-11(2)13-4-6-14(7-5-13)12(3)21-19(22)17-15-8-9-16(10-15)18(17)20(23)24/h4-9,11-12,15-18H,10H2,1-3H3,(H,21,22)(H,23,24). The van der Waals surface area contributed by atoms with Crippen LogP contribution in [0.5, 0.6) is 0 Å². The predicted molar refractivity (Wildman–Crippen MR) is 92.4 cm³/mol. The van der Waals surface area contributed by atoms with Crippen LogP contribution < -0.4 is 5.32 Å². The monoisotopic (exact) mass is 327 g/mol. The molecule has 4 heteroatoms. The van der Waals surface area contributed by atoms with Crippen molar-refractivity contribution in [2.24, 2.45) is 23.7 Å². The molecule has 1 fully saturated rings. The van der Waals surface area contributed by atoms with Gasteiger partial charge in [0.15, 0.2) is 0 Å². The molecule has 4 nitrogen and oxygen atoms in total. The first-order valence-electron chi connectivity index (χ1n) is 8.70. The molecule has 2 aliphatic rings. The number of carbonyl (C=O) groups excluding carboxylic acids is 1. The van der Waals surface area contributed by atoms with Gasteiger partial charge in [0.2, 0.25) is 5.91 Å². The van der Waals surface area contributed by atoms with Crippen LogP contribution in [-0.4, -0.2) is 17.0 Å². The maximum absolute atomic E-state index is 12.7. The van der Waals surface area contributed by atoms with Crippen LogP contribution in [0.2, 0.25) is 0 Å². The summed E-state index contributed by atoms with van der Waals surface area (Å²) in [6.07, 6.45) is 4.75. The van der Waals surface area contributed by atoms with Crippen molar-refractivity contribution in [3.05, 3.63) is 47.5 Å². The van der Waals surface area contributed by atoms with E-state index in [0.717, 1.165) is 12.0 Å². The van der Waals surface area contributed by atoms with E-state index < -0.39 is 17.8 Å². The predicted octanol–water partition coefficient (Wildman–Crippen LogP) is 3.51. The third-order valence-electron chi connectivity index (χ3n) is 5.51. The smallest absolute Gasteiger partial charge is 0.307 e. The molecule has 3 rings (SSSR count). The molecule has 2 N–H and O–H groups in total. The van der Waals surface area contributed by atoms with E-state index in [1.165, 1.54) is 5.56 Å². The zero-order valence-corrected chi connectivity index (χ0v) is 14.4. The van der Waals surface area contributed by atoms with Crippen molar-refractivity contribution in [1.82, 2.24) is 5.32 Å². The molecule has 0 radical (unpaired) electrons. The van der Waals surface area contributed by atoms with Gasteiger partial charge in [-0.25, -0.2) is 0 Å². The number of benzene rings is 1. The van der Waals surface area contributed by atoms with Crippen LogP contribution in [0.3, 0.4) is 0 Å². The number of nitrogens with one attached hydrogen (secondary N) is 1. The molecule has 1 amide bonds. The Morgan fingerprint density at radius 2 is 1.54 bits per heavy atom. The molecule has 2 aliphatic carbocycles. The summed E-state index contributed by atoms with van der Waals surface area (Å²) in [6, 6.07) is 8.12. The second-order valence-corrected chi connectivity index (χ2v) is 7.39. The fourth-order valence-electron chi connectivity index (χ4n) is 4.08. The van der Waals surface area contributed by atoms with Gasteiger partial charge < -0.3 is 10.4 Å². The van der Waals surface area contributed by atoms with Gasteiger partial charge in [0.25, 0.3) is 0 Å². The number of hydrogen-bond donors (Lipinski definition) is 2. The average Bonchev–Trinajstić information content (AvgIpc) is 3.15. The summed E-state index contributed by atoms with van der Waals surface area (Å²) >= 11 is 0. The molecule has 5 atom stereocenters. The summed E-state index contributed by atoms with van der Waals surface area (Å²) in [5.74, 6) is -1.50. The van der Waals surface area contributed by atoms with Crippen molar-refractivity contribution >= 4 is 11.9 Å². The number of carbonyl (C=O) groups is 2. The molecule has 0 aromatic heterocycles. The van der Waals surface area contributed by atoms with Crippen LogP contribution in [-0.2, 0) is 9.59 Å². The number of aliphatic carboxylic acids is 1. The van der Waals surface area contributed by atoms with Crippen LogP contribution >= 0.6 is 0 Å². The molecule has 24 heavy (non-hydrogen) atoms. The first-order valence-corrected chi connectivity index (χ1v) is 8.70. The summed E-state index contributed by atoms with van der Waals surface area (Å²) in [7, 11) is 0. The molecular weight excluding hydrogens is 302 g/mol. The van der Waals surface area contributed by atoms with E-state index in [1.54, 1.807) is 0 Å². The number of fused-ring (bicyclic) bond motifs is 2. The molecule has 0 heterocycles. The number of hydrogen-bond acceptors (Lipinski definition) is 2. The van der Waals surface area contributed by atoms with Crippen LogP contribution in [0, 0.1) is 23.7 Å². The van der Waals surface area contributed by atoms with Gasteiger partial charge >= 0.3 is 5.97 Å². The van der Waals surface area contributed by atoms with Crippen LogP contribution in [0.4, 0.5) is 0 Å². The molecule has 2 bridgehead atoms. The Labute approximate surface area is 143 Å². The van der Waals surface area contributed by atoms with E-state index in [0.29, 0.717) is 5.92 Å².